The summed E-state index contributed by atoms with van der Waals surface area (Å²) in [5, 5.41) is 9.74. The fraction of sp³-hybridized carbons (Fsp3) is 0.435. The lowest BCUT2D eigenvalue weighted by Gasteiger charge is -2.32. The van der Waals surface area contributed by atoms with E-state index in [1.807, 2.05) is 19.3 Å². The third kappa shape index (κ3) is 4.08. The average Bonchev–Trinajstić information content (AvgIpc) is 3.37. The fourth-order valence-electron chi connectivity index (χ4n) is 4.91. The largest absolute Gasteiger partial charge is 0.324 e. The van der Waals surface area contributed by atoms with Crippen LogP contribution in [0.1, 0.15) is 53.2 Å². The van der Waals surface area contributed by atoms with Crippen molar-refractivity contribution in [3.8, 4) is 0 Å². The predicted molar refractivity (Wildman–Crippen MR) is 118 cm³/mol. The van der Waals surface area contributed by atoms with Crippen LogP contribution in [0.15, 0.2) is 30.5 Å². The summed E-state index contributed by atoms with van der Waals surface area (Å²) in [5.74, 6) is -0.765. The molecule has 0 spiro atoms. The van der Waals surface area contributed by atoms with Crippen molar-refractivity contribution in [2.24, 2.45) is 7.05 Å². The molecule has 5 rings (SSSR count). The maximum atomic E-state index is 12.9. The van der Waals surface area contributed by atoms with Crippen molar-refractivity contribution in [1.82, 2.24) is 24.9 Å². The number of aryl methyl sites for hydroxylation is 1. The number of nitrogens with one attached hydrogen (secondary N) is 2. The number of hydrogen-bond acceptors (Lipinski definition) is 5. The van der Waals surface area contributed by atoms with E-state index < -0.39 is 11.9 Å². The summed E-state index contributed by atoms with van der Waals surface area (Å²) in [6.07, 6.45) is 4.36. The highest BCUT2D eigenvalue weighted by Crippen LogP contribution is 2.30. The number of benzene rings is 1. The van der Waals surface area contributed by atoms with E-state index in [0.29, 0.717) is 30.8 Å². The fourth-order valence-corrected chi connectivity index (χ4v) is 4.91. The Morgan fingerprint density at radius 1 is 1.18 bits per heavy atom. The molecule has 4 heterocycles. The van der Waals surface area contributed by atoms with Gasteiger partial charge < -0.3 is 15.1 Å². The number of fused-ring (bicyclic) bond motifs is 1. The molecule has 0 aliphatic carbocycles. The molecule has 2 atom stereocenters. The molecular weight excluding hydrogens is 424 g/mol. The maximum absolute atomic E-state index is 12.9. The molecule has 5 amide bonds. The van der Waals surface area contributed by atoms with E-state index in [2.05, 4.69) is 15.7 Å². The van der Waals surface area contributed by atoms with Gasteiger partial charge in [-0.3, -0.25) is 24.4 Å². The lowest BCUT2D eigenvalue weighted by atomic mass is 9.95. The van der Waals surface area contributed by atoms with Crippen molar-refractivity contribution in [3.63, 3.8) is 0 Å². The number of aromatic nitrogens is 2. The summed E-state index contributed by atoms with van der Waals surface area (Å²) < 4.78 is 1.78. The molecule has 2 N–H and O–H groups in total. The first-order chi connectivity index (χ1) is 15.9. The first-order valence-electron chi connectivity index (χ1n) is 11.2. The molecule has 2 unspecified atom stereocenters. The van der Waals surface area contributed by atoms with Crippen LogP contribution in [0, 0.1) is 0 Å². The molecule has 3 aliphatic heterocycles. The molecule has 0 saturated carbocycles. The number of carbonyl (C=O) groups excluding carboxylic acids is 4. The Hall–Kier alpha value is -3.69. The topological polar surface area (TPSA) is 117 Å². The summed E-state index contributed by atoms with van der Waals surface area (Å²) in [5.41, 5.74) is 2.88. The number of hydrogen-bond donors (Lipinski definition) is 2. The van der Waals surface area contributed by atoms with Gasteiger partial charge in [-0.1, -0.05) is 0 Å². The number of amides is 5. The van der Waals surface area contributed by atoms with E-state index in [-0.39, 0.29) is 36.7 Å². The van der Waals surface area contributed by atoms with E-state index in [4.69, 9.17) is 0 Å². The number of nitrogens with zero attached hydrogens (tertiary/aromatic N) is 4. The van der Waals surface area contributed by atoms with Gasteiger partial charge in [-0.25, -0.2) is 4.79 Å². The van der Waals surface area contributed by atoms with Crippen LogP contribution < -0.4 is 10.6 Å². The summed E-state index contributed by atoms with van der Waals surface area (Å²) in [6.45, 7) is 1.56. The second-order valence-corrected chi connectivity index (χ2v) is 8.90. The molecule has 2 saturated heterocycles. The van der Waals surface area contributed by atoms with Crippen LogP contribution in [0.3, 0.4) is 0 Å². The van der Waals surface area contributed by atoms with Gasteiger partial charge >= 0.3 is 6.03 Å². The van der Waals surface area contributed by atoms with Gasteiger partial charge in [0.2, 0.25) is 11.8 Å². The first-order valence-corrected chi connectivity index (χ1v) is 11.2. The van der Waals surface area contributed by atoms with E-state index in [1.165, 1.54) is 4.90 Å². The molecule has 172 valence electrons. The zero-order chi connectivity index (χ0) is 23.1. The molecule has 1 aromatic heterocycles. The number of piperidine rings is 2. The van der Waals surface area contributed by atoms with Gasteiger partial charge in [0.05, 0.1) is 5.69 Å². The van der Waals surface area contributed by atoms with Gasteiger partial charge in [0.25, 0.3) is 5.91 Å². The van der Waals surface area contributed by atoms with Crippen molar-refractivity contribution in [3.05, 3.63) is 47.3 Å². The van der Waals surface area contributed by atoms with Crippen LogP contribution in [0.2, 0.25) is 0 Å². The standard InChI is InChI=1S/C23H26N6O4/c1-27-10-8-18(26-27)14-3-2-9-28(12-14)23(33)24-16-4-5-17-15(11-16)13-29(22(17)32)19-6-7-20(30)25-21(19)31/h4-5,8,10-11,14,19H,2-3,6-7,9,12-13H2,1H3,(H,24,33)(H,25,30,31). The molecule has 10 nitrogen and oxygen atoms in total. The van der Waals surface area contributed by atoms with Gasteiger partial charge in [0.1, 0.15) is 6.04 Å². The minimum Gasteiger partial charge on any atom is -0.324 e. The van der Waals surface area contributed by atoms with Crippen LogP contribution in [0.4, 0.5) is 10.5 Å². The van der Waals surface area contributed by atoms with Gasteiger partial charge in [0, 0.05) is 56.5 Å². The Balaban J connectivity index is 1.25. The number of carbonyl (C=O) groups is 4. The summed E-state index contributed by atoms with van der Waals surface area (Å²) in [4.78, 5) is 52.7. The lowest BCUT2D eigenvalue weighted by molar-refractivity contribution is -0.136. The van der Waals surface area contributed by atoms with Gasteiger partial charge in [-0.2, -0.15) is 5.10 Å². The third-order valence-corrected chi connectivity index (χ3v) is 6.64. The van der Waals surface area contributed by atoms with Gasteiger partial charge in [-0.05, 0) is 49.1 Å². The van der Waals surface area contributed by atoms with Crippen LogP contribution in [-0.4, -0.2) is 62.5 Å². The van der Waals surface area contributed by atoms with Gasteiger partial charge in [-0.15, -0.1) is 0 Å². The highest BCUT2D eigenvalue weighted by atomic mass is 16.2. The summed E-state index contributed by atoms with van der Waals surface area (Å²) in [7, 11) is 1.89. The normalized spacial score (nSPS) is 22.9. The minimum absolute atomic E-state index is 0.179. The molecule has 1 aromatic carbocycles. The first kappa shape index (κ1) is 21.2. The molecule has 2 fully saturated rings. The van der Waals surface area contributed by atoms with Crippen LogP contribution in [0.25, 0.3) is 0 Å². The van der Waals surface area contributed by atoms with Crippen molar-refractivity contribution in [2.45, 2.75) is 44.2 Å². The molecule has 33 heavy (non-hydrogen) atoms. The lowest BCUT2D eigenvalue weighted by Crippen LogP contribution is -2.52. The smallest absolute Gasteiger partial charge is 0.321 e. The zero-order valence-corrected chi connectivity index (χ0v) is 18.4. The molecular formula is C23H26N6O4. The van der Waals surface area contributed by atoms with Crippen LogP contribution in [0.5, 0.6) is 0 Å². The second-order valence-electron chi connectivity index (χ2n) is 8.90. The Morgan fingerprint density at radius 3 is 2.79 bits per heavy atom. The third-order valence-electron chi connectivity index (χ3n) is 6.64. The van der Waals surface area contributed by atoms with E-state index in [1.54, 1.807) is 27.8 Å². The highest BCUT2D eigenvalue weighted by Gasteiger charge is 2.39. The number of urea groups is 1. The maximum Gasteiger partial charge on any atom is 0.321 e. The number of likely N-dealkylation sites (tertiary alicyclic amines) is 1. The van der Waals surface area contributed by atoms with Crippen LogP contribution in [-0.2, 0) is 23.2 Å². The van der Waals surface area contributed by atoms with Crippen LogP contribution >= 0.6 is 0 Å². The monoisotopic (exact) mass is 450 g/mol. The zero-order valence-electron chi connectivity index (χ0n) is 18.4. The Kier molecular flexibility index (Phi) is 5.35. The Labute approximate surface area is 190 Å². The molecule has 0 radical (unpaired) electrons. The molecule has 3 aliphatic rings. The van der Waals surface area contributed by atoms with Crippen molar-refractivity contribution in [2.75, 3.05) is 18.4 Å². The van der Waals surface area contributed by atoms with E-state index >= 15 is 0 Å². The van der Waals surface area contributed by atoms with Crippen molar-refractivity contribution in [1.29, 1.82) is 0 Å². The Bertz CT molecular complexity index is 1140. The summed E-state index contributed by atoms with van der Waals surface area (Å²) in [6, 6.07) is 6.35. The number of imide groups is 1. The van der Waals surface area contributed by atoms with Gasteiger partial charge in [0.15, 0.2) is 0 Å². The van der Waals surface area contributed by atoms with Crippen molar-refractivity contribution < 1.29 is 19.2 Å². The average molecular weight is 450 g/mol. The molecule has 2 aromatic rings. The minimum atomic E-state index is -0.655. The predicted octanol–water partition coefficient (Wildman–Crippen LogP) is 1.59. The molecule has 10 heteroatoms. The summed E-state index contributed by atoms with van der Waals surface area (Å²) >= 11 is 0. The van der Waals surface area contributed by atoms with Crippen molar-refractivity contribution >= 4 is 29.4 Å². The second kappa shape index (κ2) is 8.34. The van der Waals surface area contributed by atoms with E-state index in [0.717, 1.165) is 24.1 Å². The Morgan fingerprint density at radius 2 is 2.03 bits per heavy atom. The highest BCUT2D eigenvalue weighted by molar-refractivity contribution is 6.05. The molecule has 0 bridgehead atoms. The SMILES string of the molecule is Cn1ccc(C2CCCN(C(=O)Nc3ccc4c(c3)CN(C3CCC(=O)NC3=O)C4=O)C2)n1. The number of anilines is 1. The number of rotatable bonds is 3. The van der Waals surface area contributed by atoms with E-state index in [9.17, 15) is 19.2 Å². The quantitative estimate of drug-likeness (QED) is 0.689.